The first kappa shape index (κ1) is 22.8. The molecular formula is C17H32N2O3S3. The molecule has 0 spiro atoms. The maximum absolute atomic E-state index is 12.0. The molecule has 0 aromatic rings. The third-order valence-electron chi connectivity index (χ3n) is 4.16. The van der Waals surface area contributed by atoms with Gasteiger partial charge in [0.05, 0.1) is 5.41 Å². The Morgan fingerprint density at radius 1 is 1.24 bits per heavy atom. The van der Waals surface area contributed by atoms with Crippen LogP contribution < -0.4 is 11.1 Å². The quantitative estimate of drug-likeness (QED) is 0.419. The van der Waals surface area contributed by atoms with E-state index in [-0.39, 0.29) is 23.5 Å². The van der Waals surface area contributed by atoms with Gasteiger partial charge in [-0.2, -0.15) is 11.8 Å². The van der Waals surface area contributed by atoms with Crippen LogP contribution in [0.15, 0.2) is 0 Å². The van der Waals surface area contributed by atoms with E-state index in [0.29, 0.717) is 0 Å². The predicted octanol–water partition coefficient (Wildman–Crippen LogP) is 4.06. The second-order valence-corrected chi connectivity index (χ2v) is 11.0. The summed E-state index contributed by atoms with van der Waals surface area (Å²) in [7, 11) is 3.40. The number of primary amides is 1. The third-order valence-corrected chi connectivity index (χ3v) is 7.44. The van der Waals surface area contributed by atoms with Crippen LogP contribution in [0.2, 0.25) is 0 Å². The van der Waals surface area contributed by atoms with Gasteiger partial charge in [0.2, 0.25) is 5.91 Å². The molecule has 0 radical (unpaired) electrons. The van der Waals surface area contributed by atoms with E-state index in [4.69, 9.17) is 10.5 Å². The summed E-state index contributed by atoms with van der Waals surface area (Å²) in [6.45, 7) is 5.58. The average Bonchev–Trinajstić information content (AvgIpc) is 2.97. The van der Waals surface area contributed by atoms with Gasteiger partial charge >= 0.3 is 6.09 Å². The van der Waals surface area contributed by atoms with Gasteiger partial charge in [0.1, 0.15) is 5.60 Å². The van der Waals surface area contributed by atoms with Gasteiger partial charge in [-0.05, 0) is 52.0 Å². The zero-order valence-electron chi connectivity index (χ0n) is 15.8. The zero-order chi connectivity index (χ0) is 18.9. The second-order valence-electron chi connectivity index (χ2n) is 7.52. The molecule has 8 heteroatoms. The first-order chi connectivity index (χ1) is 11.7. The van der Waals surface area contributed by atoms with Crippen molar-refractivity contribution in [3.8, 4) is 0 Å². The Morgan fingerprint density at radius 3 is 2.40 bits per heavy atom. The Hall–Kier alpha value is -0.210. The minimum atomic E-state index is -0.494. The summed E-state index contributed by atoms with van der Waals surface area (Å²) in [6.07, 6.45) is 6.57. The Labute approximate surface area is 164 Å². The summed E-state index contributed by atoms with van der Waals surface area (Å²) in [5.74, 6) is 2.37. The molecule has 146 valence electrons. The number of amides is 2. The highest BCUT2D eigenvalue weighted by molar-refractivity contribution is 8.76. The Balaban J connectivity index is 2.42. The predicted molar refractivity (Wildman–Crippen MR) is 111 cm³/mol. The van der Waals surface area contributed by atoms with Gasteiger partial charge in [0.25, 0.3) is 0 Å². The molecule has 0 saturated heterocycles. The Kier molecular flexibility index (Phi) is 9.88. The molecule has 25 heavy (non-hydrogen) atoms. The van der Waals surface area contributed by atoms with Crippen molar-refractivity contribution < 1.29 is 14.3 Å². The lowest BCUT2D eigenvalue weighted by atomic mass is 9.88. The zero-order valence-corrected chi connectivity index (χ0v) is 18.2. The molecule has 5 nitrogen and oxygen atoms in total. The summed E-state index contributed by atoms with van der Waals surface area (Å²) in [4.78, 5) is 23.8. The third kappa shape index (κ3) is 8.82. The highest BCUT2D eigenvalue weighted by Crippen LogP contribution is 2.43. The number of hydrogen-bond donors (Lipinski definition) is 2. The maximum Gasteiger partial charge on any atom is 0.407 e. The smallest absolute Gasteiger partial charge is 0.407 e. The molecule has 0 aromatic carbocycles. The first-order valence-corrected chi connectivity index (χ1v) is 12.6. The number of nitrogens with one attached hydrogen (secondary N) is 1. The van der Waals surface area contributed by atoms with Crippen molar-refractivity contribution in [2.45, 2.75) is 64.5 Å². The van der Waals surface area contributed by atoms with E-state index in [0.717, 1.165) is 49.4 Å². The Morgan fingerprint density at radius 2 is 1.88 bits per heavy atom. The molecule has 1 unspecified atom stereocenters. The molecule has 2 amide bonds. The molecule has 3 N–H and O–H groups in total. The van der Waals surface area contributed by atoms with Crippen molar-refractivity contribution >= 4 is 45.4 Å². The van der Waals surface area contributed by atoms with Crippen molar-refractivity contribution in [1.29, 1.82) is 0 Å². The summed E-state index contributed by atoms with van der Waals surface area (Å²) in [6, 6.07) is 0.0629. The van der Waals surface area contributed by atoms with E-state index < -0.39 is 5.60 Å². The van der Waals surface area contributed by atoms with Crippen molar-refractivity contribution in [1.82, 2.24) is 5.32 Å². The van der Waals surface area contributed by atoms with Crippen LogP contribution in [-0.2, 0) is 9.53 Å². The van der Waals surface area contributed by atoms with Crippen molar-refractivity contribution in [2.75, 3.05) is 23.5 Å². The SMILES string of the molecule is CSCCC(CSSCC1(C(N)=O)CCCC1)NC(=O)OC(C)(C)C. The molecule has 1 aliphatic carbocycles. The summed E-state index contributed by atoms with van der Waals surface area (Å²) in [5.41, 5.74) is 4.81. The minimum Gasteiger partial charge on any atom is -0.444 e. The van der Waals surface area contributed by atoms with Crippen molar-refractivity contribution in [3.63, 3.8) is 0 Å². The molecule has 0 bridgehead atoms. The number of ether oxygens (including phenoxy) is 1. The van der Waals surface area contributed by atoms with Crippen LogP contribution in [0.4, 0.5) is 4.79 Å². The molecule has 1 fully saturated rings. The fraction of sp³-hybridized carbons (Fsp3) is 0.882. The van der Waals surface area contributed by atoms with E-state index in [9.17, 15) is 9.59 Å². The first-order valence-electron chi connectivity index (χ1n) is 8.71. The van der Waals surface area contributed by atoms with Gasteiger partial charge in [0.15, 0.2) is 0 Å². The van der Waals surface area contributed by atoms with Crippen LogP contribution in [0.1, 0.15) is 52.9 Å². The Bertz CT molecular complexity index is 435. The molecule has 1 rings (SSSR count). The molecule has 1 aliphatic rings. The van der Waals surface area contributed by atoms with Gasteiger partial charge in [-0.3, -0.25) is 4.79 Å². The van der Waals surface area contributed by atoms with E-state index in [2.05, 4.69) is 11.6 Å². The van der Waals surface area contributed by atoms with Crippen molar-refractivity contribution in [2.24, 2.45) is 11.1 Å². The standard InChI is InChI=1S/C17H32N2O3S3/c1-16(2,3)22-15(21)19-13(7-10-23-4)11-24-25-12-17(14(18)20)8-5-6-9-17/h13H,5-12H2,1-4H3,(H2,18,20)(H,19,21). The number of thioether (sulfide) groups is 1. The summed E-state index contributed by atoms with van der Waals surface area (Å²) in [5, 5.41) is 2.97. The van der Waals surface area contributed by atoms with Crippen LogP contribution in [0, 0.1) is 5.41 Å². The van der Waals surface area contributed by atoms with E-state index in [1.54, 1.807) is 33.3 Å². The lowest BCUT2D eigenvalue weighted by Gasteiger charge is -2.25. The number of alkyl carbamates (subject to hydrolysis) is 1. The lowest BCUT2D eigenvalue weighted by molar-refractivity contribution is -0.126. The minimum absolute atomic E-state index is 0.0629. The number of hydrogen-bond acceptors (Lipinski definition) is 6. The molecule has 0 aromatic heterocycles. The molecule has 1 atom stereocenters. The van der Waals surface area contributed by atoms with Gasteiger partial charge in [-0.15, -0.1) is 0 Å². The van der Waals surface area contributed by atoms with Crippen LogP contribution in [0.5, 0.6) is 0 Å². The molecular weight excluding hydrogens is 376 g/mol. The van der Waals surface area contributed by atoms with Crippen molar-refractivity contribution in [3.05, 3.63) is 0 Å². The van der Waals surface area contributed by atoms with Gasteiger partial charge in [-0.25, -0.2) is 4.79 Å². The second kappa shape index (κ2) is 10.8. The highest BCUT2D eigenvalue weighted by Gasteiger charge is 2.39. The molecule has 0 heterocycles. The van der Waals surface area contributed by atoms with Gasteiger partial charge in [0, 0.05) is 17.5 Å². The largest absolute Gasteiger partial charge is 0.444 e. The summed E-state index contributed by atoms with van der Waals surface area (Å²) < 4.78 is 5.35. The van der Waals surface area contributed by atoms with Crippen LogP contribution in [-0.4, -0.2) is 47.2 Å². The number of nitrogens with two attached hydrogens (primary N) is 1. The van der Waals surface area contributed by atoms with Gasteiger partial charge in [-0.1, -0.05) is 34.4 Å². The number of rotatable bonds is 10. The fourth-order valence-electron chi connectivity index (χ4n) is 2.73. The lowest BCUT2D eigenvalue weighted by Crippen LogP contribution is -2.40. The van der Waals surface area contributed by atoms with Gasteiger partial charge < -0.3 is 15.8 Å². The molecule has 0 aliphatic heterocycles. The van der Waals surface area contributed by atoms with E-state index >= 15 is 0 Å². The number of carbonyl (C=O) groups is 2. The van der Waals surface area contributed by atoms with Crippen LogP contribution in [0.3, 0.4) is 0 Å². The van der Waals surface area contributed by atoms with E-state index in [1.165, 1.54) is 0 Å². The average molecular weight is 409 g/mol. The maximum atomic E-state index is 12.0. The summed E-state index contributed by atoms with van der Waals surface area (Å²) >= 11 is 1.76. The van der Waals surface area contributed by atoms with E-state index in [1.807, 2.05) is 20.8 Å². The topological polar surface area (TPSA) is 81.4 Å². The fourth-order valence-corrected chi connectivity index (χ4v) is 6.21. The molecule has 1 saturated carbocycles. The van der Waals surface area contributed by atoms with Crippen LogP contribution >= 0.6 is 33.3 Å². The van der Waals surface area contributed by atoms with Crippen LogP contribution in [0.25, 0.3) is 0 Å². The number of carbonyl (C=O) groups excluding carboxylic acids is 2. The highest BCUT2D eigenvalue weighted by atomic mass is 33.1. The monoisotopic (exact) mass is 408 g/mol. The normalized spacial score (nSPS) is 17.9.